The van der Waals surface area contributed by atoms with Crippen molar-refractivity contribution in [2.24, 2.45) is 0 Å². The summed E-state index contributed by atoms with van der Waals surface area (Å²) in [5.74, 6) is 0.00906. The summed E-state index contributed by atoms with van der Waals surface area (Å²) < 4.78 is 13.4. The van der Waals surface area contributed by atoms with E-state index < -0.39 is 0 Å². The standard InChI is InChI=1S/C11H13FN2OS/c12-9-6-8(13)2-3-10(9)16-7-11(15)14-4-1-5-14/h2-3,6H,1,4-5,7,13H2. The molecule has 0 aliphatic carbocycles. The molecule has 2 N–H and O–H groups in total. The Morgan fingerprint density at radius 3 is 2.81 bits per heavy atom. The third kappa shape index (κ3) is 2.47. The second-order valence-corrected chi connectivity index (χ2v) is 4.73. The zero-order valence-corrected chi connectivity index (χ0v) is 9.60. The van der Waals surface area contributed by atoms with E-state index in [0.717, 1.165) is 19.5 Å². The van der Waals surface area contributed by atoms with Crippen molar-refractivity contribution >= 4 is 23.4 Å². The van der Waals surface area contributed by atoms with E-state index in [-0.39, 0.29) is 11.7 Å². The van der Waals surface area contributed by atoms with Crippen LogP contribution in [-0.4, -0.2) is 29.6 Å². The first kappa shape index (κ1) is 11.3. The molecule has 1 heterocycles. The van der Waals surface area contributed by atoms with E-state index >= 15 is 0 Å². The molecule has 0 atom stereocenters. The zero-order chi connectivity index (χ0) is 11.5. The topological polar surface area (TPSA) is 46.3 Å². The molecule has 1 aliphatic heterocycles. The number of halogens is 1. The van der Waals surface area contributed by atoms with Crippen LogP contribution in [0.2, 0.25) is 0 Å². The minimum absolute atomic E-state index is 0.0764. The van der Waals surface area contributed by atoms with Gasteiger partial charge >= 0.3 is 0 Å². The molecule has 1 amide bonds. The van der Waals surface area contributed by atoms with E-state index in [1.54, 1.807) is 17.0 Å². The third-order valence-electron chi connectivity index (χ3n) is 2.52. The molecular weight excluding hydrogens is 227 g/mol. The lowest BCUT2D eigenvalue weighted by atomic mass is 10.2. The van der Waals surface area contributed by atoms with Crippen LogP contribution in [0.1, 0.15) is 6.42 Å². The molecule has 0 radical (unpaired) electrons. The molecule has 1 aliphatic rings. The number of likely N-dealkylation sites (tertiary alicyclic amines) is 1. The second kappa shape index (κ2) is 4.74. The maximum atomic E-state index is 13.4. The molecule has 0 unspecified atom stereocenters. The fourth-order valence-corrected chi connectivity index (χ4v) is 2.25. The van der Waals surface area contributed by atoms with Crippen LogP contribution in [0.4, 0.5) is 10.1 Å². The number of amides is 1. The zero-order valence-electron chi connectivity index (χ0n) is 8.78. The fourth-order valence-electron chi connectivity index (χ4n) is 1.43. The largest absolute Gasteiger partial charge is 0.399 e. The van der Waals surface area contributed by atoms with Crippen LogP contribution in [0.25, 0.3) is 0 Å². The predicted molar refractivity (Wildman–Crippen MR) is 62.7 cm³/mol. The van der Waals surface area contributed by atoms with Crippen LogP contribution >= 0.6 is 11.8 Å². The van der Waals surface area contributed by atoms with E-state index in [4.69, 9.17) is 5.73 Å². The Labute approximate surface area is 97.8 Å². The number of carbonyl (C=O) groups is 1. The molecule has 1 aromatic rings. The average molecular weight is 240 g/mol. The number of hydrogen-bond acceptors (Lipinski definition) is 3. The van der Waals surface area contributed by atoms with Gasteiger partial charge in [-0.3, -0.25) is 4.79 Å². The molecule has 0 saturated carbocycles. The molecule has 0 spiro atoms. The minimum atomic E-state index is -0.360. The lowest BCUT2D eigenvalue weighted by Gasteiger charge is -2.30. The van der Waals surface area contributed by atoms with Crippen molar-refractivity contribution in [1.29, 1.82) is 0 Å². The van der Waals surface area contributed by atoms with Crippen molar-refractivity contribution in [2.75, 3.05) is 24.6 Å². The Kier molecular flexibility index (Phi) is 3.33. The first-order chi connectivity index (χ1) is 7.66. The first-order valence-corrected chi connectivity index (χ1v) is 6.11. The van der Waals surface area contributed by atoms with Gasteiger partial charge in [-0.25, -0.2) is 4.39 Å². The quantitative estimate of drug-likeness (QED) is 0.646. The average Bonchev–Trinajstić information content (AvgIpc) is 2.13. The molecule has 86 valence electrons. The van der Waals surface area contributed by atoms with Crippen molar-refractivity contribution < 1.29 is 9.18 Å². The second-order valence-electron chi connectivity index (χ2n) is 3.71. The Bertz CT molecular complexity index is 407. The van der Waals surface area contributed by atoms with Crippen LogP contribution in [0.15, 0.2) is 23.1 Å². The van der Waals surface area contributed by atoms with Gasteiger partial charge in [0.25, 0.3) is 0 Å². The highest BCUT2D eigenvalue weighted by Crippen LogP contribution is 2.24. The molecule has 1 saturated heterocycles. The number of rotatable bonds is 3. The highest BCUT2D eigenvalue weighted by molar-refractivity contribution is 8.00. The third-order valence-corrected chi connectivity index (χ3v) is 3.55. The van der Waals surface area contributed by atoms with Gasteiger partial charge in [0.2, 0.25) is 5.91 Å². The van der Waals surface area contributed by atoms with Gasteiger partial charge in [0.15, 0.2) is 0 Å². The number of hydrogen-bond donors (Lipinski definition) is 1. The van der Waals surface area contributed by atoms with Gasteiger partial charge in [0, 0.05) is 23.7 Å². The molecule has 5 heteroatoms. The van der Waals surface area contributed by atoms with Gasteiger partial charge in [-0.05, 0) is 24.6 Å². The molecule has 0 aromatic heterocycles. The fraction of sp³-hybridized carbons (Fsp3) is 0.364. The number of carbonyl (C=O) groups excluding carboxylic acids is 1. The highest BCUT2D eigenvalue weighted by Gasteiger charge is 2.20. The summed E-state index contributed by atoms with van der Waals surface area (Å²) in [6.07, 6.45) is 1.08. The number of anilines is 1. The van der Waals surface area contributed by atoms with Gasteiger partial charge < -0.3 is 10.6 Å². The summed E-state index contributed by atoms with van der Waals surface area (Å²) in [6.45, 7) is 1.67. The monoisotopic (exact) mass is 240 g/mol. The Morgan fingerprint density at radius 1 is 1.50 bits per heavy atom. The van der Waals surface area contributed by atoms with Gasteiger partial charge in [-0.2, -0.15) is 0 Å². The SMILES string of the molecule is Nc1ccc(SCC(=O)N2CCC2)c(F)c1. The number of benzene rings is 1. The van der Waals surface area contributed by atoms with Gasteiger partial charge in [0.05, 0.1) is 5.75 Å². The van der Waals surface area contributed by atoms with Crippen molar-refractivity contribution in [2.45, 2.75) is 11.3 Å². The lowest BCUT2D eigenvalue weighted by molar-refractivity contribution is -0.131. The van der Waals surface area contributed by atoms with E-state index in [9.17, 15) is 9.18 Å². The van der Waals surface area contributed by atoms with Crippen LogP contribution in [0.3, 0.4) is 0 Å². The first-order valence-electron chi connectivity index (χ1n) is 5.12. The van der Waals surface area contributed by atoms with E-state index in [1.807, 2.05) is 0 Å². The maximum Gasteiger partial charge on any atom is 0.232 e. The molecule has 3 nitrogen and oxygen atoms in total. The van der Waals surface area contributed by atoms with Crippen molar-refractivity contribution in [3.8, 4) is 0 Å². The smallest absolute Gasteiger partial charge is 0.232 e. The number of nitrogens with two attached hydrogens (primary N) is 1. The van der Waals surface area contributed by atoms with Crippen LogP contribution < -0.4 is 5.73 Å². The summed E-state index contributed by atoms with van der Waals surface area (Å²) in [5.41, 5.74) is 5.84. The van der Waals surface area contributed by atoms with Crippen LogP contribution in [-0.2, 0) is 4.79 Å². The van der Waals surface area contributed by atoms with Crippen LogP contribution in [0, 0.1) is 5.82 Å². The Balaban J connectivity index is 1.91. The Morgan fingerprint density at radius 2 is 2.25 bits per heavy atom. The summed E-state index contributed by atoms with van der Waals surface area (Å²) >= 11 is 1.22. The summed E-state index contributed by atoms with van der Waals surface area (Å²) in [4.78, 5) is 13.8. The van der Waals surface area contributed by atoms with E-state index in [2.05, 4.69) is 0 Å². The van der Waals surface area contributed by atoms with Crippen molar-refractivity contribution in [1.82, 2.24) is 4.90 Å². The summed E-state index contributed by atoms with van der Waals surface area (Å²) in [6, 6.07) is 4.52. The lowest BCUT2D eigenvalue weighted by Crippen LogP contribution is -2.43. The normalized spacial score (nSPS) is 14.7. The van der Waals surface area contributed by atoms with Gasteiger partial charge in [-0.15, -0.1) is 11.8 Å². The Hall–Kier alpha value is -1.23. The van der Waals surface area contributed by atoms with E-state index in [1.165, 1.54) is 17.8 Å². The molecule has 1 fully saturated rings. The predicted octanol–water partition coefficient (Wildman–Crippen LogP) is 1.73. The summed E-state index contributed by atoms with van der Waals surface area (Å²) in [7, 11) is 0. The van der Waals surface area contributed by atoms with Gasteiger partial charge in [-0.1, -0.05) is 0 Å². The van der Waals surface area contributed by atoms with Gasteiger partial charge in [0.1, 0.15) is 5.82 Å². The highest BCUT2D eigenvalue weighted by atomic mass is 32.2. The van der Waals surface area contributed by atoms with Crippen molar-refractivity contribution in [3.63, 3.8) is 0 Å². The van der Waals surface area contributed by atoms with Crippen molar-refractivity contribution in [3.05, 3.63) is 24.0 Å². The molecule has 0 bridgehead atoms. The van der Waals surface area contributed by atoms with Crippen LogP contribution in [0.5, 0.6) is 0 Å². The van der Waals surface area contributed by atoms with E-state index in [0.29, 0.717) is 16.3 Å². The minimum Gasteiger partial charge on any atom is -0.399 e. The maximum absolute atomic E-state index is 13.4. The summed E-state index contributed by atoms with van der Waals surface area (Å²) in [5, 5.41) is 0. The molecule has 1 aromatic carbocycles. The number of nitrogen functional groups attached to an aromatic ring is 1. The number of nitrogens with zero attached hydrogens (tertiary/aromatic N) is 1. The molecule has 2 rings (SSSR count). The molecular formula is C11H13FN2OS. The molecule has 16 heavy (non-hydrogen) atoms. The number of thioether (sulfide) groups is 1.